The molecule has 1 amide bonds. The van der Waals surface area contributed by atoms with Gasteiger partial charge in [-0.2, -0.15) is 0 Å². The molecule has 2 rings (SSSR count). The van der Waals surface area contributed by atoms with Gasteiger partial charge in [0.05, 0.1) is 12.0 Å². The molecule has 2 aromatic carbocycles. The standard InChI is InChI=1S/C17H13F3N2O6/c1-28-14-3-2-10(22(26)27)4-8(14)5-13(17(24)25)21-16(23)15-11(19)6-9(18)7-12(15)20/h2-4,6-7,13H,5H2,1H3,(H,21,23)(H,24,25)/t13-/m0/s1. The van der Waals surface area contributed by atoms with E-state index in [4.69, 9.17) is 4.74 Å². The molecule has 0 fully saturated rings. The maximum absolute atomic E-state index is 13.7. The number of amides is 1. The molecule has 0 bridgehead atoms. The van der Waals surface area contributed by atoms with Gasteiger partial charge in [0.25, 0.3) is 11.6 Å². The molecular weight excluding hydrogens is 385 g/mol. The van der Waals surface area contributed by atoms with Gasteiger partial charge in [0.15, 0.2) is 0 Å². The normalized spacial score (nSPS) is 11.6. The Morgan fingerprint density at radius 1 is 1.21 bits per heavy atom. The lowest BCUT2D eigenvalue weighted by atomic mass is 10.0. The van der Waals surface area contributed by atoms with Crippen molar-refractivity contribution in [2.45, 2.75) is 12.5 Å². The number of ether oxygens (including phenoxy) is 1. The van der Waals surface area contributed by atoms with E-state index in [2.05, 4.69) is 0 Å². The SMILES string of the molecule is COc1ccc([N+](=O)[O-])cc1C[C@H](NC(=O)c1c(F)cc(F)cc1F)C(=O)O. The summed E-state index contributed by atoms with van der Waals surface area (Å²) < 4.78 is 45.4. The molecule has 0 heterocycles. The summed E-state index contributed by atoms with van der Waals surface area (Å²) in [4.78, 5) is 33.8. The highest BCUT2D eigenvalue weighted by Crippen LogP contribution is 2.25. The van der Waals surface area contributed by atoms with Gasteiger partial charge in [0.1, 0.15) is 34.8 Å². The summed E-state index contributed by atoms with van der Waals surface area (Å²) in [6.07, 6.45) is -0.476. The minimum absolute atomic E-state index is 0.0736. The zero-order valence-electron chi connectivity index (χ0n) is 14.2. The Bertz CT molecular complexity index is 927. The van der Waals surface area contributed by atoms with E-state index in [0.29, 0.717) is 0 Å². The average Bonchev–Trinajstić information content (AvgIpc) is 2.59. The quantitative estimate of drug-likeness (QED) is 0.546. The molecule has 11 heteroatoms. The third-order valence-electron chi connectivity index (χ3n) is 3.74. The number of methoxy groups -OCH3 is 1. The van der Waals surface area contributed by atoms with Gasteiger partial charge in [-0.15, -0.1) is 0 Å². The number of nitro benzene ring substituents is 1. The molecule has 0 aromatic heterocycles. The fourth-order valence-electron chi connectivity index (χ4n) is 2.45. The number of non-ortho nitro benzene ring substituents is 1. The molecule has 0 unspecified atom stereocenters. The first-order chi connectivity index (χ1) is 13.1. The first-order valence-corrected chi connectivity index (χ1v) is 7.63. The molecule has 8 nitrogen and oxygen atoms in total. The molecule has 2 aromatic rings. The lowest BCUT2D eigenvalue weighted by molar-refractivity contribution is -0.384. The molecule has 0 aliphatic carbocycles. The molecule has 148 valence electrons. The third-order valence-corrected chi connectivity index (χ3v) is 3.74. The van der Waals surface area contributed by atoms with Crippen LogP contribution >= 0.6 is 0 Å². The highest BCUT2D eigenvalue weighted by atomic mass is 19.1. The van der Waals surface area contributed by atoms with Crippen LogP contribution in [-0.4, -0.2) is 35.1 Å². The van der Waals surface area contributed by atoms with E-state index in [1.54, 1.807) is 0 Å². The monoisotopic (exact) mass is 398 g/mol. The summed E-state index contributed by atoms with van der Waals surface area (Å²) in [6, 6.07) is 2.29. The fraction of sp³-hybridized carbons (Fsp3) is 0.176. The second kappa shape index (κ2) is 8.37. The van der Waals surface area contributed by atoms with E-state index in [0.717, 1.165) is 12.1 Å². The number of nitrogens with one attached hydrogen (secondary N) is 1. The van der Waals surface area contributed by atoms with Gasteiger partial charge in [0.2, 0.25) is 0 Å². The summed E-state index contributed by atoms with van der Waals surface area (Å²) >= 11 is 0. The number of nitro groups is 1. The zero-order valence-corrected chi connectivity index (χ0v) is 14.2. The molecular formula is C17H13F3N2O6. The Hall–Kier alpha value is -3.63. The highest BCUT2D eigenvalue weighted by molar-refractivity contribution is 5.97. The minimum Gasteiger partial charge on any atom is -0.496 e. The van der Waals surface area contributed by atoms with Crippen LogP contribution in [0.3, 0.4) is 0 Å². The predicted molar refractivity (Wildman–Crippen MR) is 88.6 cm³/mol. The molecule has 0 radical (unpaired) electrons. The number of rotatable bonds is 7. The van der Waals surface area contributed by atoms with E-state index in [9.17, 15) is 38.0 Å². The molecule has 0 aliphatic rings. The summed E-state index contributed by atoms with van der Waals surface area (Å²) in [5, 5.41) is 22.1. The molecule has 0 saturated heterocycles. The van der Waals surface area contributed by atoms with E-state index in [1.165, 1.54) is 13.2 Å². The Kier molecular flexibility index (Phi) is 6.18. The molecule has 2 N–H and O–H groups in total. The molecule has 28 heavy (non-hydrogen) atoms. The Morgan fingerprint density at radius 3 is 2.32 bits per heavy atom. The lowest BCUT2D eigenvalue weighted by Gasteiger charge is -2.17. The number of benzene rings is 2. The smallest absolute Gasteiger partial charge is 0.326 e. The van der Waals surface area contributed by atoms with Crippen LogP contribution in [0.25, 0.3) is 0 Å². The summed E-state index contributed by atoms with van der Waals surface area (Å²) in [5.74, 6) is -7.14. The number of aliphatic carboxylic acids is 1. The van der Waals surface area contributed by atoms with Crippen molar-refractivity contribution in [2.75, 3.05) is 7.11 Å². The Balaban J connectivity index is 2.33. The maximum atomic E-state index is 13.7. The van der Waals surface area contributed by atoms with Gasteiger partial charge in [0, 0.05) is 36.2 Å². The first-order valence-electron chi connectivity index (χ1n) is 7.63. The van der Waals surface area contributed by atoms with Crippen LogP contribution in [0.5, 0.6) is 5.75 Å². The minimum atomic E-state index is -1.70. The van der Waals surface area contributed by atoms with Crippen molar-refractivity contribution >= 4 is 17.6 Å². The number of carboxylic acid groups (broad SMARTS) is 1. The second-order valence-corrected chi connectivity index (χ2v) is 5.57. The van der Waals surface area contributed by atoms with Gasteiger partial charge in [-0.1, -0.05) is 0 Å². The van der Waals surface area contributed by atoms with Crippen molar-refractivity contribution in [1.29, 1.82) is 0 Å². The van der Waals surface area contributed by atoms with Gasteiger partial charge in [-0.25, -0.2) is 18.0 Å². The van der Waals surface area contributed by atoms with Crippen LogP contribution in [0.2, 0.25) is 0 Å². The first kappa shape index (κ1) is 20.7. The van der Waals surface area contributed by atoms with Crippen LogP contribution in [-0.2, 0) is 11.2 Å². The summed E-state index contributed by atoms with van der Waals surface area (Å²) in [7, 11) is 1.25. The molecule has 0 saturated carbocycles. The van der Waals surface area contributed by atoms with Crippen molar-refractivity contribution in [2.24, 2.45) is 0 Å². The number of carbonyl (C=O) groups excluding carboxylic acids is 1. The van der Waals surface area contributed by atoms with Gasteiger partial charge in [-0.3, -0.25) is 14.9 Å². The van der Waals surface area contributed by atoms with E-state index < -0.39 is 52.3 Å². The Morgan fingerprint density at radius 2 is 1.82 bits per heavy atom. The van der Waals surface area contributed by atoms with Crippen molar-refractivity contribution < 1.29 is 37.5 Å². The molecule has 0 aliphatic heterocycles. The lowest BCUT2D eigenvalue weighted by Crippen LogP contribution is -2.43. The largest absolute Gasteiger partial charge is 0.496 e. The van der Waals surface area contributed by atoms with Gasteiger partial charge < -0.3 is 15.2 Å². The van der Waals surface area contributed by atoms with Crippen molar-refractivity contribution in [3.05, 3.63) is 69.0 Å². The van der Waals surface area contributed by atoms with Crippen molar-refractivity contribution in [3.63, 3.8) is 0 Å². The van der Waals surface area contributed by atoms with Gasteiger partial charge in [-0.05, 0) is 6.07 Å². The number of hydrogen-bond donors (Lipinski definition) is 2. The molecule has 0 spiro atoms. The van der Waals surface area contributed by atoms with Crippen LogP contribution in [0, 0.1) is 27.6 Å². The van der Waals surface area contributed by atoms with Crippen LogP contribution in [0.15, 0.2) is 30.3 Å². The maximum Gasteiger partial charge on any atom is 0.326 e. The zero-order chi connectivity index (χ0) is 21.0. The Labute approximate surface area is 155 Å². The predicted octanol–water partition coefficient (Wildman–Crippen LogP) is 2.45. The van der Waals surface area contributed by atoms with Crippen LogP contribution in [0.4, 0.5) is 18.9 Å². The number of hydrogen-bond acceptors (Lipinski definition) is 5. The third kappa shape index (κ3) is 4.55. The fourth-order valence-corrected chi connectivity index (χ4v) is 2.45. The number of halogens is 3. The second-order valence-electron chi connectivity index (χ2n) is 5.57. The van der Waals surface area contributed by atoms with E-state index >= 15 is 0 Å². The number of carboxylic acids is 1. The van der Waals surface area contributed by atoms with Crippen molar-refractivity contribution in [3.8, 4) is 5.75 Å². The van der Waals surface area contributed by atoms with E-state index in [-0.39, 0.29) is 29.1 Å². The van der Waals surface area contributed by atoms with Crippen LogP contribution < -0.4 is 10.1 Å². The number of carbonyl (C=O) groups is 2. The summed E-state index contributed by atoms with van der Waals surface area (Å²) in [6.45, 7) is 0. The highest BCUT2D eigenvalue weighted by Gasteiger charge is 2.27. The van der Waals surface area contributed by atoms with Crippen LogP contribution in [0.1, 0.15) is 15.9 Å². The van der Waals surface area contributed by atoms with Gasteiger partial charge >= 0.3 is 5.97 Å². The summed E-state index contributed by atoms with van der Waals surface area (Å²) in [5.41, 5.74) is -1.43. The molecule has 1 atom stereocenters. The average molecular weight is 398 g/mol. The topological polar surface area (TPSA) is 119 Å². The van der Waals surface area contributed by atoms with E-state index in [1.807, 2.05) is 5.32 Å². The number of nitrogens with zero attached hydrogens (tertiary/aromatic N) is 1. The van der Waals surface area contributed by atoms with Crippen molar-refractivity contribution in [1.82, 2.24) is 5.32 Å².